The third kappa shape index (κ3) is 3.96. The molecule has 0 saturated carbocycles. The lowest BCUT2D eigenvalue weighted by Crippen LogP contribution is -2.33. The topological polar surface area (TPSA) is 58.5 Å². The number of amidine groups is 1. The molecule has 0 spiro atoms. The molecule has 1 aromatic rings. The van der Waals surface area contributed by atoms with Crippen molar-refractivity contribution >= 4 is 58.0 Å². The summed E-state index contributed by atoms with van der Waals surface area (Å²) in [6, 6.07) is 2.97. The van der Waals surface area contributed by atoms with Gasteiger partial charge in [-0.3, -0.25) is 9.59 Å². The maximum absolute atomic E-state index is 12.2. The third-order valence-electron chi connectivity index (χ3n) is 3.01. The number of nitrogens with zero attached hydrogens (tertiary/aromatic N) is 1. The number of halogens is 3. The number of rotatable bonds is 1. The molecule has 1 aliphatic heterocycles. The molecule has 7 heteroatoms. The molecular formula is C14H13Cl3N2O2. The monoisotopic (exact) mass is 346 g/mol. The Kier molecular flexibility index (Phi) is 4.61. The SMILES string of the molecule is CC1(C)CC(=O)NC(=Nc2cc(Cl)c(Cl)c(Cl)c2)C(=O)C1. The maximum atomic E-state index is 12.2. The number of carbonyl (C=O) groups is 2. The van der Waals surface area contributed by atoms with Crippen LogP contribution >= 0.6 is 34.8 Å². The quantitative estimate of drug-likeness (QED) is 0.775. The molecule has 1 heterocycles. The Morgan fingerprint density at radius 2 is 1.67 bits per heavy atom. The zero-order valence-electron chi connectivity index (χ0n) is 11.5. The second-order valence-corrected chi connectivity index (χ2v) is 6.87. The summed E-state index contributed by atoms with van der Waals surface area (Å²) in [4.78, 5) is 28.1. The van der Waals surface area contributed by atoms with Gasteiger partial charge in [0.25, 0.3) is 0 Å². The van der Waals surface area contributed by atoms with Crippen LogP contribution in [0.3, 0.4) is 0 Å². The van der Waals surface area contributed by atoms with Gasteiger partial charge in [-0.05, 0) is 17.5 Å². The van der Waals surface area contributed by atoms with E-state index in [4.69, 9.17) is 34.8 Å². The van der Waals surface area contributed by atoms with Crippen LogP contribution in [0.15, 0.2) is 17.1 Å². The number of hydrogen-bond acceptors (Lipinski definition) is 3. The molecule has 1 aromatic carbocycles. The van der Waals surface area contributed by atoms with Gasteiger partial charge >= 0.3 is 0 Å². The predicted octanol–water partition coefficient (Wildman–Crippen LogP) is 4.18. The zero-order chi connectivity index (χ0) is 15.8. The Morgan fingerprint density at radius 3 is 2.24 bits per heavy atom. The lowest BCUT2D eigenvalue weighted by atomic mass is 9.85. The number of nitrogens with one attached hydrogen (secondary N) is 1. The first-order chi connectivity index (χ1) is 9.68. The van der Waals surface area contributed by atoms with E-state index in [1.807, 2.05) is 13.8 Å². The number of Topliss-reactive ketones (excluding diaryl/α,β-unsaturated/α-hetero) is 1. The van der Waals surface area contributed by atoms with Crippen molar-refractivity contribution in [2.45, 2.75) is 26.7 Å². The van der Waals surface area contributed by atoms with Gasteiger partial charge in [0.1, 0.15) is 0 Å². The number of carbonyl (C=O) groups excluding carboxylic acids is 2. The molecule has 1 amide bonds. The highest BCUT2D eigenvalue weighted by Gasteiger charge is 2.32. The highest BCUT2D eigenvalue weighted by Crippen LogP contribution is 2.34. The maximum Gasteiger partial charge on any atom is 0.226 e. The second kappa shape index (κ2) is 5.95. The molecule has 0 aromatic heterocycles. The average Bonchev–Trinajstić information content (AvgIpc) is 2.42. The van der Waals surface area contributed by atoms with E-state index in [9.17, 15) is 9.59 Å². The molecule has 0 atom stereocenters. The first-order valence-electron chi connectivity index (χ1n) is 6.24. The van der Waals surface area contributed by atoms with Crippen molar-refractivity contribution in [2.24, 2.45) is 10.4 Å². The van der Waals surface area contributed by atoms with Crippen LogP contribution in [0.4, 0.5) is 5.69 Å². The van der Waals surface area contributed by atoms with E-state index < -0.39 is 5.41 Å². The normalized spacial score (nSPS) is 20.3. The van der Waals surface area contributed by atoms with E-state index in [0.717, 1.165) is 0 Å². The third-order valence-corrected chi connectivity index (χ3v) is 4.21. The van der Waals surface area contributed by atoms with E-state index in [0.29, 0.717) is 5.69 Å². The number of hydrogen-bond donors (Lipinski definition) is 1. The molecule has 2 rings (SSSR count). The Hall–Kier alpha value is -1.10. The van der Waals surface area contributed by atoms with Crippen molar-refractivity contribution in [2.75, 3.05) is 0 Å². The molecule has 0 bridgehead atoms. The van der Waals surface area contributed by atoms with Crippen LogP contribution in [-0.2, 0) is 9.59 Å². The van der Waals surface area contributed by atoms with Gasteiger partial charge in [-0.25, -0.2) is 4.99 Å². The fraction of sp³-hybridized carbons (Fsp3) is 0.357. The minimum absolute atomic E-state index is 0.0000285. The van der Waals surface area contributed by atoms with Crippen molar-refractivity contribution < 1.29 is 9.59 Å². The molecule has 1 saturated heterocycles. The largest absolute Gasteiger partial charge is 0.308 e. The summed E-state index contributed by atoms with van der Waals surface area (Å²) in [5.41, 5.74) is -0.0361. The Balaban J connectivity index is 2.40. The summed E-state index contributed by atoms with van der Waals surface area (Å²) in [5, 5.41) is 3.22. The number of aliphatic imine (C=N–C) groups is 1. The Bertz CT molecular complexity index is 631. The molecule has 0 unspecified atom stereocenters. The fourth-order valence-electron chi connectivity index (χ4n) is 2.09. The molecule has 1 N–H and O–H groups in total. The van der Waals surface area contributed by atoms with Crippen LogP contribution in [0.5, 0.6) is 0 Å². The molecule has 112 valence electrons. The van der Waals surface area contributed by atoms with E-state index in [1.165, 1.54) is 12.1 Å². The molecule has 1 fully saturated rings. The van der Waals surface area contributed by atoms with E-state index in [1.54, 1.807) is 0 Å². The van der Waals surface area contributed by atoms with Crippen LogP contribution in [-0.4, -0.2) is 17.5 Å². The number of benzene rings is 1. The van der Waals surface area contributed by atoms with Gasteiger partial charge in [0.15, 0.2) is 11.6 Å². The lowest BCUT2D eigenvalue weighted by Gasteiger charge is -2.18. The molecule has 0 aliphatic carbocycles. The fourth-order valence-corrected chi connectivity index (χ4v) is 2.67. The van der Waals surface area contributed by atoms with Gasteiger partial charge in [0.05, 0.1) is 20.8 Å². The highest BCUT2D eigenvalue weighted by molar-refractivity contribution is 6.48. The lowest BCUT2D eigenvalue weighted by molar-refractivity contribution is -0.121. The van der Waals surface area contributed by atoms with Crippen molar-refractivity contribution in [1.29, 1.82) is 0 Å². The van der Waals surface area contributed by atoms with Gasteiger partial charge in [-0.2, -0.15) is 0 Å². The Morgan fingerprint density at radius 1 is 1.10 bits per heavy atom. The first-order valence-corrected chi connectivity index (χ1v) is 7.38. The van der Waals surface area contributed by atoms with Gasteiger partial charge in [0, 0.05) is 12.8 Å². The summed E-state index contributed by atoms with van der Waals surface area (Å²) in [7, 11) is 0. The van der Waals surface area contributed by atoms with E-state index in [-0.39, 0.29) is 45.4 Å². The average molecular weight is 348 g/mol. The molecular weight excluding hydrogens is 335 g/mol. The van der Waals surface area contributed by atoms with Gasteiger partial charge < -0.3 is 5.32 Å². The standard InChI is InChI=1S/C14H13Cl3N2O2/c1-14(2)5-10(20)13(19-11(21)6-14)18-7-3-8(15)12(17)9(16)4-7/h3-4H,5-6H2,1-2H3,(H,18,19,21). The second-order valence-electron chi connectivity index (χ2n) is 5.67. The minimum atomic E-state index is -0.395. The van der Waals surface area contributed by atoms with Crippen LogP contribution < -0.4 is 5.32 Å². The van der Waals surface area contributed by atoms with Gasteiger partial charge in [0.2, 0.25) is 5.91 Å². The summed E-state index contributed by atoms with van der Waals surface area (Å²) in [5.74, 6) is -0.469. The molecule has 21 heavy (non-hydrogen) atoms. The van der Waals surface area contributed by atoms with Crippen molar-refractivity contribution in [3.63, 3.8) is 0 Å². The summed E-state index contributed by atoms with van der Waals surface area (Å²) < 4.78 is 0. The van der Waals surface area contributed by atoms with Crippen molar-refractivity contribution in [3.05, 3.63) is 27.2 Å². The van der Waals surface area contributed by atoms with Gasteiger partial charge in [-0.1, -0.05) is 48.7 Å². The molecule has 4 nitrogen and oxygen atoms in total. The van der Waals surface area contributed by atoms with Crippen molar-refractivity contribution in [1.82, 2.24) is 5.32 Å². The summed E-state index contributed by atoms with van der Waals surface area (Å²) >= 11 is 17.7. The van der Waals surface area contributed by atoms with E-state index in [2.05, 4.69) is 10.3 Å². The number of ketones is 1. The first kappa shape index (κ1) is 16.3. The van der Waals surface area contributed by atoms with Crippen molar-refractivity contribution in [3.8, 4) is 0 Å². The molecule has 1 aliphatic rings. The van der Waals surface area contributed by atoms with E-state index >= 15 is 0 Å². The highest BCUT2D eigenvalue weighted by atomic mass is 35.5. The van der Waals surface area contributed by atoms with Crippen LogP contribution in [0.25, 0.3) is 0 Å². The van der Waals surface area contributed by atoms with Gasteiger partial charge in [-0.15, -0.1) is 0 Å². The molecule has 0 radical (unpaired) electrons. The summed E-state index contributed by atoms with van der Waals surface area (Å²) in [6.45, 7) is 3.73. The Labute approximate surface area is 137 Å². The predicted molar refractivity (Wildman–Crippen MR) is 84.7 cm³/mol. The summed E-state index contributed by atoms with van der Waals surface area (Å²) in [6.07, 6.45) is 0.500. The number of amides is 1. The van der Waals surface area contributed by atoms with Crippen LogP contribution in [0.2, 0.25) is 15.1 Å². The smallest absolute Gasteiger partial charge is 0.226 e. The zero-order valence-corrected chi connectivity index (χ0v) is 13.7. The minimum Gasteiger partial charge on any atom is -0.308 e. The van der Waals surface area contributed by atoms with Crippen LogP contribution in [0.1, 0.15) is 26.7 Å². The van der Waals surface area contributed by atoms with Crippen LogP contribution in [0, 0.1) is 5.41 Å².